The van der Waals surface area contributed by atoms with E-state index in [1.54, 1.807) is 36.2 Å². The summed E-state index contributed by atoms with van der Waals surface area (Å²) in [5.41, 5.74) is 1.96. The summed E-state index contributed by atoms with van der Waals surface area (Å²) in [6, 6.07) is 13.5. The summed E-state index contributed by atoms with van der Waals surface area (Å²) in [6.07, 6.45) is 1.36. The number of rotatable bonds is 4. The zero-order valence-corrected chi connectivity index (χ0v) is 14.8. The van der Waals surface area contributed by atoms with Gasteiger partial charge >= 0.3 is 0 Å². The summed E-state index contributed by atoms with van der Waals surface area (Å²) >= 11 is 5.91. The number of nitro benzene ring substituents is 1. The van der Waals surface area contributed by atoms with Crippen molar-refractivity contribution in [1.82, 2.24) is 15.1 Å². The largest absolute Gasteiger partial charge is 0.338 e. The lowest BCUT2D eigenvalue weighted by Crippen LogP contribution is -2.11. The first-order valence-electron chi connectivity index (χ1n) is 7.88. The fourth-order valence-corrected chi connectivity index (χ4v) is 2.82. The molecule has 0 atom stereocenters. The fraction of sp³-hybridized carbons (Fsp3) is 0.0556. The zero-order valence-electron chi connectivity index (χ0n) is 14.0. The second-order valence-corrected chi connectivity index (χ2v) is 6.21. The van der Waals surface area contributed by atoms with Crippen molar-refractivity contribution in [1.29, 1.82) is 0 Å². The highest BCUT2D eigenvalue weighted by Crippen LogP contribution is 2.32. The highest BCUT2D eigenvalue weighted by molar-refractivity contribution is 6.30. The molecule has 4 rings (SSSR count). The van der Waals surface area contributed by atoms with Crippen molar-refractivity contribution in [2.24, 2.45) is 0 Å². The molecule has 0 saturated heterocycles. The minimum atomic E-state index is -0.459. The summed E-state index contributed by atoms with van der Waals surface area (Å²) in [5.74, 6) is 1.02. The topological polar surface area (TPSA) is 98.2 Å². The minimum absolute atomic E-state index is 0.0282. The molecule has 2 aromatic heterocycles. The number of anilines is 2. The molecular formula is C18H12ClN5O3. The third-order valence-corrected chi connectivity index (χ3v) is 4.35. The van der Waals surface area contributed by atoms with Crippen molar-refractivity contribution in [2.75, 3.05) is 11.9 Å². The predicted molar refractivity (Wildman–Crippen MR) is 101 cm³/mol. The van der Waals surface area contributed by atoms with E-state index in [1.807, 2.05) is 12.1 Å². The number of nitro groups is 1. The standard InChI is InChI=1S/C18H12ClN5O3/c1-23(17-9-15(22-27-17)11-2-4-12(19)5-3-11)18-14-7-6-13(24(25)26)8-16(14)20-10-21-18/h2-10H,1H3. The Labute approximate surface area is 158 Å². The molecule has 0 N–H and O–H groups in total. The minimum Gasteiger partial charge on any atom is -0.338 e. The van der Waals surface area contributed by atoms with Crippen LogP contribution in [0.15, 0.2) is 59.4 Å². The molecule has 0 aliphatic heterocycles. The molecule has 4 aromatic rings. The lowest BCUT2D eigenvalue weighted by molar-refractivity contribution is -0.384. The summed E-state index contributed by atoms with van der Waals surface area (Å²) in [6.45, 7) is 0. The third-order valence-electron chi connectivity index (χ3n) is 4.10. The zero-order chi connectivity index (χ0) is 19.0. The van der Waals surface area contributed by atoms with Crippen LogP contribution in [0.2, 0.25) is 5.02 Å². The number of nitrogens with zero attached hydrogens (tertiary/aromatic N) is 5. The van der Waals surface area contributed by atoms with Crippen LogP contribution in [0, 0.1) is 10.1 Å². The molecule has 2 aromatic carbocycles. The Kier molecular flexibility index (Phi) is 4.17. The van der Waals surface area contributed by atoms with Crippen LogP contribution in [0.5, 0.6) is 0 Å². The maximum absolute atomic E-state index is 11.0. The van der Waals surface area contributed by atoms with Crippen molar-refractivity contribution in [3.63, 3.8) is 0 Å². The summed E-state index contributed by atoms with van der Waals surface area (Å²) in [4.78, 5) is 20.6. The number of non-ortho nitro benzene ring substituents is 1. The number of hydrogen-bond acceptors (Lipinski definition) is 7. The molecule has 0 aliphatic carbocycles. The van der Waals surface area contributed by atoms with Crippen LogP contribution in [0.3, 0.4) is 0 Å². The van der Waals surface area contributed by atoms with E-state index in [0.717, 1.165) is 5.56 Å². The Morgan fingerprint density at radius 1 is 1.11 bits per heavy atom. The molecule has 0 radical (unpaired) electrons. The number of aromatic nitrogens is 3. The Morgan fingerprint density at radius 3 is 2.63 bits per heavy atom. The average Bonchev–Trinajstić information content (AvgIpc) is 3.17. The molecular weight excluding hydrogens is 370 g/mol. The average molecular weight is 382 g/mol. The van der Waals surface area contributed by atoms with Gasteiger partial charge in [-0.2, -0.15) is 0 Å². The van der Waals surface area contributed by atoms with E-state index in [0.29, 0.717) is 33.3 Å². The van der Waals surface area contributed by atoms with Crippen molar-refractivity contribution in [3.8, 4) is 11.3 Å². The van der Waals surface area contributed by atoms with Crippen LogP contribution in [-0.2, 0) is 0 Å². The predicted octanol–water partition coefficient (Wildman–Crippen LogP) is 4.61. The van der Waals surface area contributed by atoms with Crippen molar-refractivity contribution >= 4 is 39.9 Å². The SMILES string of the molecule is CN(c1cc(-c2ccc(Cl)cc2)no1)c1ncnc2cc([N+](=O)[O-])ccc12. The van der Waals surface area contributed by atoms with Gasteiger partial charge in [0.25, 0.3) is 5.69 Å². The maximum Gasteiger partial charge on any atom is 0.271 e. The molecule has 0 bridgehead atoms. The lowest BCUT2D eigenvalue weighted by Gasteiger charge is -2.15. The molecule has 0 aliphatic rings. The van der Waals surface area contributed by atoms with Gasteiger partial charge in [-0.1, -0.05) is 28.9 Å². The molecule has 0 saturated carbocycles. The van der Waals surface area contributed by atoms with Gasteiger partial charge in [0, 0.05) is 41.2 Å². The molecule has 0 spiro atoms. The monoisotopic (exact) mass is 381 g/mol. The van der Waals surface area contributed by atoms with Crippen LogP contribution >= 0.6 is 11.6 Å². The summed E-state index contributed by atoms with van der Waals surface area (Å²) < 4.78 is 5.45. The van der Waals surface area contributed by atoms with Crippen LogP contribution in [-0.4, -0.2) is 27.1 Å². The molecule has 0 unspecified atom stereocenters. The second-order valence-electron chi connectivity index (χ2n) is 5.77. The first kappa shape index (κ1) is 16.9. The molecule has 2 heterocycles. The Morgan fingerprint density at radius 2 is 1.89 bits per heavy atom. The molecule has 8 nitrogen and oxygen atoms in total. The Hall–Kier alpha value is -3.52. The van der Waals surface area contributed by atoms with E-state index in [9.17, 15) is 10.1 Å². The summed E-state index contributed by atoms with van der Waals surface area (Å²) in [5, 5.41) is 16.4. The smallest absolute Gasteiger partial charge is 0.271 e. The highest BCUT2D eigenvalue weighted by Gasteiger charge is 2.17. The number of fused-ring (bicyclic) bond motifs is 1. The van der Waals surface area contributed by atoms with Crippen LogP contribution in [0.25, 0.3) is 22.2 Å². The van der Waals surface area contributed by atoms with Gasteiger partial charge in [0.15, 0.2) is 0 Å². The van der Waals surface area contributed by atoms with Crippen LogP contribution in [0.4, 0.5) is 17.4 Å². The quantitative estimate of drug-likeness (QED) is 0.376. The van der Waals surface area contributed by atoms with Crippen molar-refractivity contribution in [3.05, 3.63) is 70.0 Å². The molecule has 0 amide bonds. The number of hydrogen-bond donors (Lipinski definition) is 0. The summed E-state index contributed by atoms with van der Waals surface area (Å²) in [7, 11) is 1.77. The molecule has 27 heavy (non-hydrogen) atoms. The van der Waals surface area contributed by atoms with Crippen molar-refractivity contribution in [2.45, 2.75) is 0 Å². The Balaban J connectivity index is 1.72. The number of halogens is 1. The van der Waals surface area contributed by atoms with Gasteiger partial charge in [0.1, 0.15) is 17.8 Å². The highest BCUT2D eigenvalue weighted by atomic mass is 35.5. The molecule has 0 fully saturated rings. The normalized spacial score (nSPS) is 10.9. The van der Waals surface area contributed by atoms with E-state index in [4.69, 9.17) is 16.1 Å². The van der Waals surface area contributed by atoms with E-state index in [2.05, 4.69) is 15.1 Å². The number of benzene rings is 2. The first-order valence-corrected chi connectivity index (χ1v) is 8.26. The van der Waals surface area contributed by atoms with Gasteiger partial charge in [0.05, 0.1) is 10.4 Å². The van der Waals surface area contributed by atoms with Crippen LogP contribution in [0.1, 0.15) is 0 Å². The Bertz CT molecular complexity index is 1140. The van der Waals surface area contributed by atoms with E-state index < -0.39 is 4.92 Å². The van der Waals surface area contributed by atoms with Gasteiger partial charge in [-0.3, -0.25) is 15.0 Å². The first-order chi connectivity index (χ1) is 13.0. The second kappa shape index (κ2) is 6.65. The van der Waals surface area contributed by atoms with Gasteiger partial charge in [-0.05, 0) is 18.2 Å². The van der Waals surface area contributed by atoms with E-state index in [-0.39, 0.29) is 5.69 Å². The van der Waals surface area contributed by atoms with E-state index >= 15 is 0 Å². The molecule has 9 heteroatoms. The third kappa shape index (κ3) is 3.18. The van der Waals surface area contributed by atoms with Gasteiger partial charge in [-0.25, -0.2) is 9.97 Å². The van der Waals surface area contributed by atoms with Crippen LogP contribution < -0.4 is 4.90 Å². The van der Waals surface area contributed by atoms with Gasteiger partial charge in [-0.15, -0.1) is 0 Å². The maximum atomic E-state index is 11.0. The van der Waals surface area contributed by atoms with Gasteiger partial charge < -0.3 is 4.52 Å². The van der Waals surface area contributed by atoms with E-state index in [1.165, 1.54) is 18.5 Å². The molecule has 134 valence electrons. The van der Waals surface area contributed by atoms with Crippen molar-refractivity contribution < 1.29 is 9.45 Å². The fourth-order valence-electron chi connectivity index (χ4n) is 2.70. The lowest BCUT2D eigenvalue weighted by atomic mass is 10.1. The van der Waals surface area contributed by atoms with Gasteiger partial charge in [0.2, 0.25) is 5.88 Å².